The van der Waals surface area contributed by atoms with E-state index < -0.39 is 0 Å². The number of aliphatic hydroxyl groups excluding tert-OH is 1. The monoisotopic (exact) mass is 253 g/mol. The molecule has 0 aliphatic heterocycles. The second kappa shape index (κ2) is 6.54. The van der Waals surface area contributed by atoms with E-state index in [1.54, 1.807) is 4.68 Å². The number of amides is 1. The average molecular weight is 253 g/mol. The molecule has 1 amide bonds. The Morgan fingerprint density at radius 3 is 2.67 bits per heavy atom. The molecule has 0 spiro atoms. The van der Waals surface area contributed by atoms with Crippen LogP contribution < -0.4 is 5.32 Å². The number of hydrogen-bond acceptors (Lipinski definition) is 3. The number of aliphatic hydroxyl groups is 1. The second-order valence-corrected chi connectivity index (χ2v) is 4.67. The fourth-order valence-corrected chi connectivity index (χ4v) is 2.01. The molecular weight excluding hydrogens is 230 g/mol. The number of rotatable bonds is 6. The maximum absolute atomic E-state index is 12.1. The molecule has 0 radical (unpaired) electrons. The van der Waals surface area contributed by atoms with Crippen LogP contribution in [0.3, 0.4) is 0 Å². The van der Waals surface area contributed by atoms with Crippen molar-refractivity contribution < 1.29 is 9.90 Å². The van der Waals surface area contributed by atoms with Gasteiger partial charge >= 0.3 is 0 Å². The molecule has 0 aliphatic rings. The van der Waals surface area contributed by atoms with Crippen molar-refractivity contribution in [1.82, 2.24) is 15.1 Å². The summed E-state index contributed by atoms with van der Waals surface area (Å²) in [4.78, 5) is 12.1. The number of aryl methyl sites for hydroxylation is 2. The molecule has 0 fully saturated rings. The molecule has 5 heteroatoms. The summed E-state index contributed by atoms with van der Waals surface area (Å²) < 4.78 is 1.73. The Balaban J connectivity index is 2.69. The quantitative estimate of drug-likeness (QED) is 0.804. The van der Waals surface area contributed by atoms with Gasteiger partial charge in [-0.15, -0.1) is 0 Å². The van der Waals surface area contributed by atoms with Crippen LogP contribution in [0.5, 0.6) is 0 Å². The first kappa shape index (κ1) is 14.7. The molecule has 1 aromatic rings. The molecule has 18 heavy (non-hydrogen) atoms. The number of nitrogens with zero attached hydrogens (tertiary/aromatic N) is 2. The summed E-state index contributed by atoms with van der Waals surface area (Å²) in [6, 6.07) is 1.66. The van der Waals surface area contributed by atoms with Crippen LogP contribution >= 0.6 is 0 Å². The minimum atomic E-state index is -0.327. The topological polar surface area (TPSA) is 67.2 Å². The van der Waals surface area contributed by atoms with Gasteiger partial charge in [0.1, 0.15) is 6.04 Å². The van der Waals surface area contributed by atoms with Gasteiger partial charge in [-0.2, -0.15) is 5.10 Å². The van der Waals surface area contributed by atoms with E-state index in [1.165, 1.54) is 0 Å². The molecule has 0 saturated heterocycles. The fourth-order valence-electron chi connectivity index (χ4n) is 2.01. The number of carbonyl (C=O) groups is 1. The molecule has 1 heterocycles. The SMILES string of the molecule is CCC(CCO)NC(=O)C(C)n1nc(C)cc1C. The third-order valence-corrected chi connectivity index (χ3v) is 3.11. The standard InChI is InChI=1S/C13H23N3O2/c1-5-12(6-7-17)14-13(18)11(4)16-10(3)8-9(2)15-16/h8,11-12,17H,5-7H2,1-4H3,(H,14,18). The normalized spacial score (nSPS) is 14.3. The smallest absolute Gasteiger partial charge is 0.244 e. The highest BCUT2D eigenvalue weighted by Crippen LogP contribution is 2.11. The van der Waals surface area contributed by atoms with Crippen LogP contribution in [0.4, 0.5) is 0 Å². The minimum absolute atomic E-state index is 0.0296. The van der Waals surface area contributed by atoms with Crippen molar-refractivity contribution in [1.29, 1.82) is 0 Å². The third kappa shape index (κ3) is 3.57. The zero-order valence-electron chi connectivity index (χ0n) is 11.6. The number of carbonyl (C=O) groups excluding carboxylic acids is 1. The van der Waals surface area contributed by atoms with Crippen molar-refractivity contribution in [3.05, 3.63) is 17.5 Å². The largest absolute Gasteiger partial charge is 0.396 e. The predicted octanol–water partition coefficient (Wildman–Crippen LogP) is 1.34. The fraction of sp³-hybridized carbons (Fsp3) is 0.692. The van der Waals surface area contributed by atoms with Crippen molar-refractivity contribution in [3.8, 4) is 0 Å². The maximum Gasteiger partial charge on any atom is 0.244 e. The van der Waals surface area contributed by atoms with Crippen molar-refractivity contribution in [2.45, 2.75) is 52.6 Å². The van der Waals surface area contributed by atoms with Crippen LogP contribution in [0.2, 0.25) is 0 Å². The molecular formula is C13H23N3O2. The first-order valence-electron chi connectivity index (χ1n) is 6.43. The van der Waals surface area contributed by atoms with Crippen LogP contribution in [-0.4, -0.2) is 33.4 Å². The Bertz CT molecular complexity index is 401. The van der Waals surface area contributed by atoms with Gasteiger partial charge in [0.25, 0.3) is 0 Å². The van der Waals surface area contributed by atoms with E-state index in [4.69, 9.17) is 5.11 Å². The maximum atomic E-state index is 12.1. The lowest BCUT2D eigenvalue weighted by Gasteiger charge is -2.20. The molecule has 5 nitrogen and oxygen atoms in total. The van der Waals surface area contributed by atoms with Gasteiger partial charge in [-0.1, -0.05) is 6.92 Å². The number of aromatic nitrogens is 2. The highest BCUT2D eigenvalue weighted by molar-refractivity contribution is 5.80. The Morgan fingerprint density at radius 2 is 2.22 bits per heavy atom. The Hall–Kier alpha value is -1.36. The summed E-state index contributed by atoms with van der Waals surface area (Å²) in [7, 11) is 0. The van der Waals surface area contributed by atoms with E-state index in [-0.39, 0.29) is 24.6 Å². The molecule has 0 aliphatic carbocycles. The molecule has 1 rings (SSSR count). The summed E-state index contributed by atoms with van der Waals surface area (Å²) in [5, 5.41) is 16.2. The zero-order chi connectivity index (χ0) is 13.7. The van der Waals surface area contributed by atoms with E-state index in [0.29, 0.717) is 6.42 Å². The van der Waals surface area contributed by atoms with Crippen molar-refractivity contribution in [2.75, 3.05) is 6.61 Å². The highest BCUT2D eigenvalue weighted by Gasteiger charge is 2.20. The molecule has 2 N–H and O–H groups in total. The Morgan fingerprint density at radius 1 is 1.56 bits per heavy atom. The minimum Gasteiger partial charge on any atom is -0.396 e. The average Bonchev–Trinajstić information content (AvgIpc) is 2.66. The van der Waals surface area contributed by atoms with Gasteiger partial charge in [-0.3, -0.25) is 9.48 Å². The molecule has 0 saturated carbocycles. The predicted molar refractivity (Wildman–Crippen MR) is 70.3 cm³/mol. The van der Waals surface area contributed by atoms with E-state index in [1.807, 2.05) is 33.8 Å². The van der Waals surface area contributed by atoms with E-state index in [9.17, 15) is 4.79 Å². The molecule has 1 aromatic heterocycles. The molecule has 102 valence electrons. The van der Waals surface area contributed by atoms with E-state index in [0.717, 1.165) is 17.8 Å². The Kier molecular flexibility index (Phi) is 5.34. The van der Waals surface area contributed by atoms with Gasteiger partial charge in [0.05, 0.1) is 5.69 Å². The number of nitrogens with one attached hydrogen (secondary N) is 1. The third-order valence-electron chi connectivity index (χ3n) is 3.11. The van der Waals surface area contributed by atoms with Crippen LogP contribution in [0.25, 0.3) is 0 Å². The Labute approximate surface area is 108 Å². The molecule has 0 bridgehead atoms. The van der Waals surface area contributed by atoms with Crippen LogP contribution in [0.1, 0.15) is 44.1 Å². The van der Waals surface area contributed by atoms with Crippen molar-refractivity contribution in [2.24, 2.45) is 0 Å². The number of hydrogen-bond donors (Lipinski definition) is 2. The van der Waals surface area contributed by atoms with Gasteiger partial charge in [-0.25, -0.2) is 0 Å². The summed E-state index contributed by atoms with van der Waals surface area (Å²) in [6.45, 7) is 7.77. The summed E-state index contributed by atoms with van der Waals surface area (Å²) in [5.41, 5.74) is 1.89. The lowest BCUT2D eigenvalue weighted by Crippen LogP contribution is -2.39. The van der Waals surface area contributed by atoms with Gasteiger partial charge in [-0.05, 0) is 39.7 Å². The lowest BCUT2D eigenvalue weighted by molar-refractivity contribution is -0.125. The zero-order valence-corrected chi connectivity index (χ0v) is 11.6. The van der Waals surface area contributed by atoms with Gasteiger partial charge < -0.3 is 10.4 Å². The van der Waals surface area contributed by atoms with E-state index in [2.05, 4.69) is 10.4 Å². The van der Waals surface area contributed by atoms with Crippen LogP contribution in [-0.2, 0) is 4.79 Å². The molecule has 2 unspecified atom stereocenters. The first-order valence-corrected chi connectivity index (χ1v) is 6.43. The van der Waals surface area contributed by atoms with Crippen LogP contribution in [0, 0.1) is 13.8 Å². The van der Waals surface area contributed by atoms with E-state index >= 15 is 0 Å². The summed E-state index contributed by atoms with van der Waals surface area (Å²) in [6.07, 6.45) is 1.40. The van der Waals surface area contributed by atoms with Gasteiger partial charge in [0, 0.05) is 18.3 Å². The second-order valence-electron chi connectivity index (χ2n) is 4.67. The van der Waals surface area contributed by atoms with Crippen LogP contribution in [0.15, 0.2) is 6.07 Å². The van der Waals surface area contributed by atoms with Crippen molar-refractivity contribution >= 4 is 5.91 Å². The van der Waals surface area contributed by atoms with Gasteiger partial charge in [0.2, 0.25) is 5.91 Å². The molecule has 0 aromatic carbocycles. The summed E-state index contributed by atoms with van der Waals surface area (Å²) >= 11 is 0. The lowest BCUT2D eigenvalue weighted by atomic mass is 10.1. The van der Waals surface area contributed by atoms with Gasteiger partial charge in [0.15, 0.2) is 0 Å². The molecule has 2 atom stereocenters. The first-order chi connectivity index (χ1) is 8.49. The van der Waals surface area contributed by atoms with Crippen molar-refractivity contribution in [3.63, 3.8) is 0 Å². The summed E-state index contributed by atoms with van der Waals surface area (Å²) in [5.74, 6) is -0.0542. The highest BCUT2D eigenvalue weighted by atomic mass is 16.3.